The molecule has 142 valence electrons. The van der Waals surface area contributed by atoms with E-state index in [-0.39, 0.29) is 17.4 Å². The largest absolute Gasteiger partial charge is 0.379 e. The summed E-state index contributed by atoms with van der Waals surface area (Å²) in [5.74, 6) is 0.00887. The fourth-order valence-electron chi connectivity index (χ4n) is 4.50. The first kappa shape index (κ1) is 17.3. The van der Waals surface area contributed by atoms with Gasteiger partial charge in [0, 0.05) is 47.6 Å². The van der Waals surface area contributed by atoms with Crippen LogP contribution in [0.3, 0.4) is 0 Å². The molecule has 0 N–H and O–H groups in total. The normalized spacial score (nSPS) is 17.5. The van der Waals surface area contributed by atoms with Gasteiger partial charge in [-0.25, -0.2) is 0 Å². The Morgan fingerprint density at radius 3 is 2.32 bits per heavy atom. The van der Waals surface area contributed by atoms with Gasteiger partial charge in [0.15, 0.2) is 5.78 Å². The van der Waals surface area contributed by atoms with E-state index in [1.165, 1.54) is 0 Å². The molecule has 2 aromatic carbocycles. The zero-order valence-corrected chi connectivity index (χ0v) is 15.9. The van der Waals surface area contributed by atoms with Crippen molar-refractivity contribution in [2.24, 2.45) is 0 Å². The number of pyridine rings is 1. The summed E-state index contributed by atoms with van der Waals surface area (Å²) >= 11 is 0. The molecule has 5 heteroatoms. The Hall–Kier alpha value is -2.76. The molecular weight excluding hydrogens is 352 g/mol. The second-order valence-corrected chi connectivity index (χ2v) is 7.56. The predicted molar refractivity (Wildman–Crippen MR) is 109 cm³/mol. The third-order valence-electron chi connectivity index (χ3n) is 5.95. The molecule has 0 bridgehead atoms. The summed E-state index contributed by atoms with van der Waals surface area (Å²) in [6.07, 6.45) is 0. The molecule has 1 fully saturated rings. The monoisotopic (exact) mass is 374 g/mol. The molecule has 0 amide bonds. The molecule has 3 aromatic rings. The Balaban J connectivity index is 1.73. The Bertz CT molecular complexity index is 1140. The van der Waals surface area contributed by atoms with Gasteiger partial charge in [-0.15, -0.1) is 0 Å². The van der Waals surface area contributed by atoms with Crippen molar-refractivity contribution < 1.29 is 9.53 Å². The Morgan fingerprint density at radius 2 is 1.57 bits per heavy atom. The number of hydrogen-bond acceptors (Lipinski definition) is 4. The number of ether oxygens (including phenoxy) is 1. The number of fused-ring (bicyclic) bond motifs is 5. The highest BCUT2D eigenvalue weighted by Gasteiger charge is 2.33. The van der Waals surface area contributed by atoms with Crippen LogP contribution in [-0.4, -0.2) is 47.6 Å². The summed E-state index contributed by atoms with van der Waals surface area (Å²) < 4.78 is 7.28. The van der Waals surface area contributed by atoms with Crippen LogP contribution in [0.2, 0.25) is 0 Å². The summed E-state index contributed by atoms with van der Waals surface area (Å²) in [5.41, 5.74) is 2.94. The van der Waals surface area contributed by atoms with E-state index < -0.39 is 0 Å². The molecule has 1 aromatic heterocycles. The van der Waals surface area contributed by atoms with Gasteiger partial charge >= 0.3 is 0 Å². The van der Waals surface area contributed by atoms with Crippen LogP contribution >= 0.6 is 0 Å². The minimum Gasteiger partial charge on any atom is -0.379 e. The molecular formula is C23H22N2O3. The fourth-order valence-corrected chi connectivity index (χ4v) is 4.50. The van der Waals surface area contributed by atoms with Gasteiger partial charge in [-0.05, 0) is 13.0 Å². The smallest absolute Gasteiger partial charge is 0.258 e. The number of rotatable bonds is 3. The minimum absolute atomic E-state index is 0.00887. The molecule has 5 rings (SSSR count). The first-order chi connectivity index (χ1) is 13.7. The maximum atomic E-state index is 13.4. The number of nitrogens with zero attached hydrogens (tertiary/aromatic N) is 2. The SMILES string of the molecule is CC(Cn1c2c(c3ccccc3c1=O)C(=O)c1ccccc1-2)N1CCOCC1. The highest BCUT2D eigenvalue weighted by atomic mass is 16.5. The number of ketones is 1. The van der Waals surface area contributed by atoms with Crippen molar-refractivity contribution in [3.63, 3.8) is 0 Å². The van der Waals surface area contributed by atoms with Gasteiger partial charge in [-0.2, -0.15) is 0 Å². The summed E-state index contributed by atoms with van der Waals surface area (Å²) in [6, 6.07) is 15.2. The molecule has 2 heterocycles. The lowest BCUT2D eigenvalue weighted by Gasteiger charge is -2.33. The number of carbonyl (C=O) groups excluding carboxylic acids is 1. The van der Waals surface area contributed by atoms with E-state index >= 15 is 0 Å². The first-order valence-electron chi connectivity index (χ1n) is 9.78. The van der Waals surface area contributed by atoms with Crippen molar-refractivity contribution in [1.29, 1.82) is 0 Å². The van der Waals surface area contributed by atoms with E-state index in [4.69, 9.17) is 4.74 Å². The zero-order chi connectivity index (χ0) is 19.3. The van der Waals surface area contributed by atoms with Crippen LogP contribution in [0.15, 0.2) is 53.3 Å². The number of benzene rings is 2. The van der Waals surface area contributed by atoms with Gasteiger partial charge in [0.1, 0.15) is 0 Å². The number of morpholine rings is 1. The van der Waals surface area contributed by atoms with Gasteiger partial charge in [-0.1, -0.05) is 42.5 Å². The van der Waals surface area contributed by atoms with Crippen LogP contribution in [0.5, 0.6) is 0 Å². The van der Waals surface area contributed by atoms with Crippen molar-refractivity contribution in [3.05, 3.63) is 70.0 Å². The molecule has 1 unspecified atom stereocenters. The van der Waals surface area contributed by atoms with Crippen LogP contribution in [0.25, 0.3) is 22.0 Å². The number of aromatic nitrogens is 1. The molecule has 5 nitrogen and oxygen atoms in total. The molecule has 28 heavy (non-hydrogen) atoms. The van der Waals surface area contributed by atoms with Crippen LogP contribution in [0.1, 0.15) is 22.8 Å². The van der Waals surface area contributed by atoms with Crippen LogP contribution < -0.4 is 5.56 Å². The third kappa shape index (κ3) is 2.54. The summed E-state index contributed by atoms with van der Waals surface area (Å²) in [7, 11) is 0. The Kier molecular flexibility index (Phi) is 4.14. The lowest BCUT2D eigenvalue weighted by Crippen LogP contribution is -2.45. The van der Waals surface area contributed by atoms with E-state index in [1.54, 1.807) is 0 Å². The fraction of sp³-hybridized carbons (Fsp3) is 0.304. The average Bonchev–Trinajstić information content (AvgIpc) is 3.04. The lowest BCUT2D eigenvalue weighted by molar-refractivity contribution is 0.0169. The van der Waals surface area contributed by atoms with Crippen molar-refractivity contribution in [2.45, 2.75) is 19.5 Å². The van der Waals surface area contributed by atoms with Crippen molar-refractivity contribution >= 4 is 16.6 Å². The lowest BCUT2D eigenvalue weighted by atomic mass is 10.0. The number of carbonyl (C=O) groups is 1. The van der Waals surface area contributed by atoms with E-state index in [0.29, 0.717) is 23.1 Å². The summed E-state index contributed by atoms with van der Waals surface area (Å²) in [6.45, 7) is 5.85. The maximum absolute atomic E-state index is 13.4. The van der Waals surface area contributed by atoms with E-state index in [2.05, 4.69) is 11.8 Å². The second kappa shape index (κ2) is 6.69. The van der Waals surface area contributed by atoms with Gasteiger partial charge in [0.25, 0.3) is 5.56 Å². The summed E-state index contributed by atoms with van der Waals surface area (Å²) in [5, 5.41) is 1.36. The minimum atomic E-state index is -0.0287. The number of hydrogen-bond donors (Lipinski definition) is 0. The predicted octanol–water partition coefficient (Wildman–Crippen LogP) is 2.93. The van der Waals surface area contributed by atoms with Gasteiger partial charge in [0.2, 0.25) is 0 Å². The van der Waals surface area contributed by atoms with Crippen LogP contribution in [0.4, 0.5) is 0 Å². The molecule has 1 aliphatic heterocycles. The molecule has 2 aliphatic rings. The van der Waals surface area contributed by atoms with E-state index in [1.807, 2.05) is 53.1 Å². The molecule has 1 aliphatic carbocycles. The van der Waals surface area contributed by atoms with Crippen LogP contribution in [-0.2, 0) is 11.3 Å². The summed E-state index contributed by atoms with van der Waals surface area (Å²) in [4.78, 5) is 29.0. The molecule has 1 atom stereocenters. The van der Waals surface area contributed by atoms with Gasteiger partial charge in [-0.3, -0.25) is 14.5 Å². The van der Waals surface area contributed by atoms with Gasteiger partial charge in [0.05, 0.1) is 24.5 Å². The van der Waals surface area contributed by atoms with Gasteiger partial charge < -0.3 is 9.30 Å². The van der Waals surface area contributed by atoms with E-state index in [9.17, 15) is 9.59 Å². The molecule has 0 saturated carbocycles. The van der Waals surface area contributed by atoms with Crippen molar-refractivity contribution in [1.82, 2.24) is 9.47 Å². The molecule has 0 spiro atoms. The molecule has 1 saturated heterocycles. The highest BCUT2D eigenvalue weighted by molar-refractivity contribution is 6.26. The maximum Gasteiger partial charge on any atom is 0.258 e. The second-order valence-electron chi connectivity index (χ2n) is 7.56. The van der Waals surface area contributed by atoms with E-state index in [0.717, 1.165) is 42.9 Å². The Labute approximate surface area is 163 Å². The third-order valence-corrected chi connectivity index (χ3v) is 5.95. The first-order valence-corrected chi connectivity index (χ1v) is 9.78. The quantitative estimate of drug-likeness (QED) is 0.553. The van der Waals surface area contributed by atoms with Crippen LogP contribution in [0, 0.1) is 0 Å². The highest BCUT2D eigenvalue weighted by Crippen LogP contribution is 2.39. The van der Waals surface area contributed by atoms with Crippen molar-refractivity contribution in [3.8, 4) is 11.3 Å². The standard InChI is InChI=1S/C23H22N2O3/c1-15(24-10-12-28-13-11-24)14-25-21-17-7-3-4-8-18(17)22(26)20(21)16-6-2-5-9-19(16)23(25)27/h2-9,15H,10-14H2,1H3. The topological polar surface area (TPSA) is 51.5 Å². The zero-order valence-electron chi connectivity index (χ0n) is 15.9. The average molecular weight is 374 g/mol. The Morgan fingerprint density at radius 1 is 0.929 bits per heavy atom. The molecule has 0 radical (unpaired) electrons. The van der Waals surface area contributed by atoms with Crippen molar-refractivity contribution in [2.75, 3.05) is 26.3 Å².